The lowest BCUT2D eigenvalue weighted by molar-refractivity contribution is -0.125. The van der Waals surface area contributed by atoms with Gasteiger partial charge in [0.05, 0.1) is 5.54 Å². The molecule has 0 atom stereocenters. The molecular formula is C15H29NO. The summed E-state index contributed by atoms with van der Waals surface area (Å²) >= 11 is 0. The molecule has 0 aliphatic heterocycles. The molecule has 0 heterocycles. The molecular weight excluding hydrogens is 210 g/mol. The molecule has 0 amide bonds. The first-order valence-electron chi connectivity index (χ1n) is 7.51. The van der Waals surface area contributed by atoms with E-state index in [9.17, 15) is 4.79 Å². The van der Waals surface area contributed by atoms with Gasteiger partial charge in [-0.15, -0.1) is 0 Å². The van der Waals surface area contributed by atoms with Crippen molar-refractivity contribution in [2.75, 3.05) is 0 Å². The summed E-state index contributed by atoms with van der Waals surface area (Å²) in [5.41, 5.74) is 5.76. The van der Waals surface area contributed by atoms with Crippen molar-refractivity contribution in [3.8, 4) is 0 Å². The first-order chi connectivity index (χ1) is 8.19. The van der Waals surface area contributed by atoms with Crippen molar-refractivity contribution in [3.05, 3.63) is 0 Å². The minimum atomic E-state index is -0.457. The topological polar surface area (TPSA) is 43.1 Å². The number of unbranched alkanes of at least 4 members (excludes halogenated alkanes) is 5. The average molecular weight is 239 g/mol. The van der Waals surface area contributed by atoms with E-state index in [0.29, 0.717) is 12.2 Å². The molecule has 0 unspecified atom stereocenters. The number of nitrogens with two attached hydrogens (primary N) is 1. The van der Waals surface area contributed by atoms with Crippen LogP contribution in [0.3, 0.4) is 0 Å². The third kappa shape index (κ3) is 5.20. The molecule has 1 fully saturated rings. The van der Waals surface area contributed by atoms with Crippen molar-refractivity contribution in [2.24, 2.45) is 5.73 Å². The van der Waals surface area contributed by atoms with Crippen LogP contribution in [0.4, 0.5) is 0 Å². The molecule has 2 nitrogen and oxygen atoms in total. The van der Waals surface area contributed by atoms with E-state index in [1.54, 1.807) is 0 Å². The highest BCUT2D eigenvalue weighted by atomic mass is 16.1. The van der Waals surface area contributed by atoms with Crippen molar-refractivity contribution in [1.82, 2.24) is 0 Å². The van der Waals surface area contributed by atoms with Gasteiger partial charge in [-0.2, -0.15) is 0 Å². The van der Waals surface area contributed by atoms with Crippen LogP contribution in [-0.4, -0.2) is 11.3 Å². The highest BCUT2D eigenvalue weighted by Gasteiger charge is 2.33. The second kappa shape index (κ2) is 7.86. The SMILES string of the molecule is CCCCCCCCC(=O)C1(N)CCCCC1. The van der Waals surface area contributed by atoms with Gasteiger partial charge < -0.3 is 5.73 Å². The first-order valence-corrected chi connectivity index (χ1v) is 7.51. The molecule has 2 N–H and O–H groups in total. The van der Waals surface area contributed by atoms with Gasteiger partial charge in [0.2, 0.25) is 0 Å². The maximum Gasteiger partial charge on any atom is 0.152 e. The van der Waals surface area contributed by atoms with Crippen LogP contribution in [0.2, 0.25) is 0 Å². The van der Waals surface area contributed by atoms with E-state index >= 15 is 0 Å². The van der Waals surface area contributed by atoms with Gasteiger partial charge in [0.15, 0.2) is 5.78 Å². The van der Waals surface area contributed by atoms with E-state index in [1.165, 1.54) is 38.5 Å². The quantitative estimate of drug-likeness (QED) is 0.651. The number of hydrogen-bond donors (Lipinski definition) is 1. The number of ketones is 1. The van der Waals surface area contributed by atoms with Crippen LogP contribution in [0.25, 0.3) is 0 Å². The molecule has 1 rings (SSSR count). The van der Waals surface area contributed by atoms with E-state index in [4.69, 9.17) is 5.73 Å². The standard InChI is InChI=1S/C15H29NO/c1-2-3-4-5-6-8-11-14(17)15(16)12-9-7-10-13-15/h2-13,16H2,1H3. The van der Waals surface area contributed by atoms with Crippen LogP contribution in [0.1, 0.15) is 84.0 Å². The van der Waals surface area contributed by atoms with Gasteiger partial charge in [-0.3, -0.25) is 4.79 Å². The molecule has 1 saturated carbocycles. The van der Waals surface area contributed by atoms with Crippen LogP contribution >= 0.6 is 0 Å². The zero-order chi connectivity index (χ0) is 12.6. The Morgan fingerprint density at radius 1 is 1.00 bits per heavy atom. The molecule has 100 valence electrons. The zero-order valence-electron chi connectivity index (χ0n) is 11.5. The molecule has 1 aliphatic rings. The van der Waals surface area contributed by atoms with Gasteiger partial charge in [-0.1, -0.05) is 58.3 Å². The average Bonchev–Trinajstić information content (AvgIpc) is 2.34. The Labute approximate surface area is 106 Å². The number of hydrogen-bond acceptors (Lipinski definition) is 2. The Hall–Kier alpha value is -0.370. The predicted molar refractivity (Wildman–Crippen MR) is 73.0 cm³/mol. The molecule has 0 bridgehead atoms. The van der Waals surface area contributed by atoms with Gasteiger partial charge >= 0.3 is 0 Å². The second-order valence-electron chi connectivity index (χ2n) is 5.66. The van der Waals surface area contributed by atoms with Crippen molar-refractivity contribution >= 4 is 5.78 Å². The zero-order valence-corrected chi connectivity index (χ0v) is 11.5. The lowest BCUT2D eigenvalue weighted by Crippen LogP contribution is -2.49. The van der Waals surface area contributed by atoms with Crippen molar-refractivity contribution in [3.63, 3.8) is 0 Å². The Kier molecular flexibility index (Phi) is 6.79. The smallest absolute Gasteiger partial charge is 0.152 e. The normalized spacial score (nSPS) is 19.2. The number of rotatable bonds is 8. The molecule has 0 radical (unpaired) electrons. The van der Waals surface area contributed by atoms with E-state index < -0.39 is 5.54 Å². The summed E-state index contributed by atoms with van der Waals surface area (Å²) in [4.78, 5) is 12.1. The first kappa shape index (κ1) is 14.7. The van der Waals surface area contributed by atoms with Gasteiger partial charge in [0, 0.05) is 6.42 Å². The molecule has 1 aliphatic carbocycles. The largest absolute Gasteiger partial charge is 0.319 e. The molecule has 0 aromatic heterocycles. The maximum atomic E-state index is 12.1. The summed E-state index contributed by atoms with van der Waals surface area (Å²) in [6.07, 6.45) is 13.5. The molecule has 0 spiro atoms. The van der Waals surface area contributed by atoms with Gasteiger partial charge in [0.1, 0.15) is 0 Å². The highest BCUT2D eigenvalue weighted by Crippen LogP contribution is 2.28. The summed E-state index contributed by atoms with van der Waals surface area (Å²) in [5, 5.41) is 0. The van der Waals surface area contributed by atoms with Crippen molar-refractivity contribution < 1.29 is 4.79 Å². The van der Waals surface area contributed by atoms with Crippen LogP contribution in [-0.2, 0) is 4.79 Å². The van der Waals surface area contributed by atoms with Crippen LogP contribution in [0.15, 0.2) is 0 Å². The summed E-state index contributed by atoms with van der Waals surface area (Å²) in [6.45, 7) is 2.23. The van der Waals surface area contributed by atoms with Crippen LogP contribution < -0.4 is 5.73 Å². The lowest BCUT2D eigenvalue weighted by Gasteiger charge is -2.31. The molecule has 17 heavy (non-hydrogen) atoms. The van der Waals surface area contributed by atoms with Crippen LogP contribution in [0.5, 0.6) is 0 Å². The number of carbonyl (C=O) groups excluding carboxylic acids is 1. The van der Waals surface area contributed by atoms with E-state index in [0.717, 1.165) is 32.1 Å². The van der Waals surface area contributed by atoms with E-state index in [2.05, 4.69) is 6.92 Å². The molecule has 0 saturated heterocycles. The van der Waals surface area contributed by atoms with E-state index in [1.807, 2.05) is 0 Å². The van der Waals surface area contributed by atoms with E-state index in [-0.39, 0.29) is 0 Å². The maximum absolute atomic E-state index is 12.1. The minimum Gasteiger partial charge on any atom is -0.319 e. The minimum absolute atomic E-state index is 0.327. The van der Waals surface area contributed by atoms with Gasteiger partial charge in [0.25, 0.3) is 0 Å². The summed E-state index contributed by atoms with van der Waals surface area (Å²) < 4.78 is 0. The molecule has 2 heteroatoms. The van der Waals surface area contributed by atoms with Crippen molar-refractivity contribution in [1.29, 1.82) is 0 Å². The number of Topliss-reactive ketones (excluding diaryl/α,β-unsaturated/α-hetero) is 1. The highest BCUT2D eigenvalue weighted by molar-refractivity contribution is 5.88. The summed E-state index contributed by atoms with van der Waals surface area (Å²) in [6, 6.07) is 0. The number of carbonyl (C=O) groups is 1. The fourth-order valence-electron chi connectivity index (χ4n) is 2.78. The summed E-state index contributed by atoms with van der Waals surface area (Å²) in [5.74, 6) is 0.327. The predicted octanol–water partition coefficient (Wildman–Crippen LogP) is 3.97. The monoisotopic (exact) mass is 239 g/mol. The lowest BCUT2D eigenvalue weighted by atomic mass is 9.78. The Balaban J connectivity index is 2.11. The van der Waals surface area contributed by atoms with Crippen molar-refractivity contribution in [2.45, 2.75) is 89.5 Å². The third-order valence-electron chi connectivity index (χ3n) is 4.06. The molecule has 0 aromatic rings. The fraction of sp³-hybridized carbons (Fsp3) is 0.933. The van der Waals surface area contributed by atoms with Crippen LogP contribution in [0, 0.1) is 0 Å². The fourth-order valence-corrected chi connectivity index (χ4v) is 2.78. The Morgan fingerprint density at radius 3 is 2.24 bits per heavy atom. The van der Waals surface area contributed by atoms with Gasteiger partial charge in [-0.05, 0) is 19.3 Å². The Bertz CT molecular complexity index is 219. The second-order valence-corrected chi connectivity index (χ2v) is 5.66. The molecule has 0 aromatic carbocycles. The summed E-state index contributed by atoms with van der Waals surface area (Å²) in [7, 11) is 0. The Morgan fingerprint density at radius 2 is 1.59 bits per heavy atom. The van der Waals surface area contributed by atoms with Gasteiger partial charge in [-0.25, -0.2) is 0 Å². The third-order valence-corrected chi connectivity index (χ3v) is 4.06.